The molecule has 1 rings (SSSR count). The summed E-state index contributed by atoms with van der Waals surface area (Å²) in [5.41, 5.74) is 1.64. The first-order valence-electron chi connectivity index (χ1n) is 10.8. The molecule has 0 atom stereocenters. The summed E-state index contributed by atoms with van der Waals surface area (Å²) in [6, 6.07) is 6.21. The molecule has 1 aromatic carbocycles. The largest absolute Gasteiger partial charge is 0.541 e. The molecule has 4 nitrogen and oxygen atoms in total. The van der Waals surface area contributed by atoms with Gasteiger partial charge in [0.25, 0.3) is 16.6 Å². The normalized spacial score (nSPS) is 13.0. The summed E-state index contributed by atoms with van der Waals surface area (Å²) in [4.78, 5) is 11.8. The highest BCUT2D eigenvalue weighted by molar-refractivity contribution is 6.75. The van der Waals surface area contributed by atoms with Gasteiger partial charge in [-0.15, -0.1) is 0 Å². The first-order valence-corrected chi connectivity index (χ1v) is 16.6. The van der Waals surface area contributed by atoms with Gasteiger partial charge in [-0.2, -0.15) is 0 Å². The molecule has 0 saturated carbocycles. The molecular weight excluding hydrogens is 406 g/mol. The average Bonchev–Trinajstić information content (AvgIpc) is 2.54. The zero-order valence-electron chi connectivity index (χ0n) is 21.1. The van der Waals surface area contributed by atoms with Gasteiger partial charge in [-0.1, -0.05) is 54.2 Å². The third-order valence-electron chi connectivity index (χ3n) is 6.44. The van der Waals surface area contributed by atoms with Crippen molar-refractivity contribution >= 4 is 22.5 Å². The van der Waals surface area contributed by atoms with Gasteiger partial charge in [-0.25, -0.2) is 0 Å². The van der Waals surface area contributed by atoms with E-state index in [9.17, 15) is 4.79 Å². The van der Waals surface area contributed by atoms with Crippen LogP contribution in [0.25, 0.3) is 0 Å². The Labute approximate surface area is 186 Å². The van der Waals surface area contributed by atoms with Crippen molar-refractivity contribution in [2.45, 2.75) is 91.2 Å². The molecule has 0 saturated heterocycles. The standard InChI is InChI=1S/C24H43NO3Si2/c1-18(2)22(26)25-16-15-19-13-14-20(27-29(9,10)23(3,4)5)21(17-19)28-30(11,12)24(6,7)8/h13-14,17H,1,15-16H2,2-12H3,(H,25,26). The summed E-state index contributed by atoms with van der Waals surface area (Å²) in [5.74, 6) is 1.56. The lowest BCUT2D eigenvalue weighted by Crippen LogP contribution is -2.45. The van der Waals surface area contributed by atoms with Crippen LogP contribution in [0.5, 0.6) is 11.5 Å². The van der Waals surface area contributed by atoms with Crippen LogP contribution in [0.15, 0.2) is 30.4 Å². The molecule has 1 amide bonds. The minimum atomic E-state index is -2.03. The predicted octanol–water partition coefficient (Wildman–Crippen LogP) is 6.69. The van der Waals surface area contributed by atoms with Gasteiger partial charge in [0.05, 0.1) is 0 Å². The van der Waals surface area contributed by atoms with Crippen molar-refractivity contribution in [1.82, 2.24) is 5.32 Å². The number of rotatable bonds is 8. The van der Waals surface area contributed by atoms with Crippen molar-refractivity contribution in [3.05, 3.63) is 35.9 Å². The zero-order valence-corrected chi connectivity index (χ0v) is 23.1. The average molecular weight is 450 g/mol. The fourth-order valence-corrected chi connectivity index (χ4v) is 4.24. The number of amides is 1. The van der Waals surface area contributed by atoms with E-state index in [-0.39, 0.29) is 16.0 Å². The first kappa shape index (κ1) is 26.5. The molecule has 6 heteroatoms. The van der Waals surface area contributed by atoms with Crippen LogP contribution in [0.2, 0.25) is 36.3 Å². The van der Waals surface area contributed by atoms with Gasteiger partial charge in [0, 0.05) is 12.1 Å². The van der Waals surface area contributed by atoms with Crippen LogP contribution in [0.4, 0.5) is 0 Å². The maximum absolute atomic E-state index is 11.8. The number of carbonyl (C=O) groups excluding carboxylic acids is 1. The Balaban J connectivity index is 3.21. The summed E-state index contributed by atoms with van der Waals surface area (Å²) >= 11 is 0. The van der Waals surface area contributed by atoms with Crippen molar-refractivity contribution in [3.8, 4) is 11.5 Å². The highest BCUT2D eigenvalue weighted by Crippen LogP contribution is 2.43. The van der Waals surface area contributed by atoms with Crippen LogP contribution in [0.1, 0.15) is 54.0 Å². The Hall–Kier alpha value is -1.54. The second-order valence-corrected chi connectivity index (χ2v) is 20.7. The first-order chi connectivity index (χ1) is 13.4. The molecule has 0 aliphatic rings. The molecule has 0 aliphatic carbocycles. The van der Waals surface area contributed by atoms with Crippen LogP contribution in [0, 0.1) is 0 Å². The Morgan fingerprint density at radius 3 is 1.83 bits per heavy atom. The van der Waals surface area contributed by atoms with Gasteiger partial charge in [0.2, 0.25) is 5.91 Å². The number of benzene rings is 1. The molecule has 0 fully saturated rings. The lowest BCUT2D eigenvalue weighted by Gasteiger charge is -2.39. The fourth-order valence-electron chi connectivity index (χ4n) is 2.20. The Morgan fingerprint density at radius 2 is 1.40 bits per heavy atom. The molecule has 30 heavy (non-hydrogen) atoms. The van der Waals surface area contributed by atoms with Crippen molar-refractivity contribution in [2.24, 2.45) is 0 Å². The van der Waals surface area contributed by atoms with Crippen LogP contribution in [0.3, 0.4) is 0 Å². The molecule has 0 bridgehead atoms. The summed E-state index contributed by atoms with van der Waals surface area (Å²) < 4.78 is 13.3. The van der Waals surface area contributed by atoms with Crippen molar-refractivity contribution in [2.75, 3.05) is 6.54 Å². The van der Waals surface area contributed by atoms with Crippen molar-refractivity contribution in [1.29, 1.82) is 0 Å². The third-order valence-corrected chi connectivity index (χ3v) is 15.1. The van der Waals surface area contributed by atoms with Gasteiger partial charge in [0.1, 0.15) is 11.5 Å². The smallest absolute Gasteiger partial charge is 0.250 e. The Kier molecular flexibility index (Phi) is 8.22. The van der Waals surface area contributed by atoms with Crippen LogP contribution in [-0.4, -0.2) is 29.1 Å². The lowest BCUT2D eigenvalue weighted by molar-refractivity contribution is -0.117. The zero-order chi connectivity index (χ0) is 23.5. The molecule has 0 aliphatic heterocycles. The monoisotopic (exact) mass is 449 g/mol. The maximum Gasteiger partial charge on any atom is 0.250 e. The van der Waals surface area contributed by atoms with Gasteiger partial charge in [0.15, 0.2) is 0 Å². The van der Waals surface area contributed by atoms with Gasteiger partial charge < -0.3 is 14.2 Å². The number of carbonyl (C=O) groups is 1. The van der Waals surface area contributed by atoms with E-state index in [1.165, 1.54) is 0 Å². The maximum atomic E-state index is 11.8. The van der Waals surface area contributed by atoms with E-state index < -0.39 is 16.6 Å². The number of nitrogens with one attached hydrogen (secondary N) is 1. The van der Waals surface area contributed by atoms with Crippen molar-refractivity contribution < 1.29 is 13.6 Å². The number of hydrogen-bond donors (Lipinski definition) is 1. The van der Waals surface area contributed by atoms with Crippen LogP contribution >= 0.6 is 0 Å². The summed E-state index contributed by atoms with van der Waals surface area (Å²) in [7, 11) is -4.03. The molecule has 170 valence electrons. The second-order valence-electron chi connectivity index (χ2n) is 11.3. The minimum absolute atomic E-state index is 0.0900. The molecule has 0 spiro atoms. The van der Waals surface area contributed by atoms with E-state index in [0.717, 1.165) is 23.5 Å². The third kappa shape index (κ3) is 7.01. The van der Waals surface area contributed by atoms with Crippen LogP contribution in [-0.2, 0) is 11.2 Å². The molecule has 0 radical (unpaired) electrons. The van der Waals surface area contributed by atoms with Crippen molar-refractivity contribution in [3.63, 3.8) is 0 Å². The summed E-state index contributed by atoms with van der Waals surface area (Å²) in [6.07, 6.45) is 0.729. The van der Waals surface area contributed by atoms with E-state index in [4.69, 9.17) is 8.85 Å². The highest BCUT2D eigenvalue weighted by atomic mass is 28.4. The van der Waals surface area contributed by atoms with E-state index in [2.05, 4.69) is 91.8 Å². The molecule has 1 N–H and O–H groups in total. The van der Waals surface area contributed by atoms with E-state index in [1.54, 1.807) is 6.92 Å². The summed E-state index contributed by atoms with van der Waals surface area (Å²) in [6.45, 7) is 28.4. The molecule has 0 aromatic heterocycles. The van der Waals surface area contributed by atoms with E-state index >= 15 is 0 Å². The lowest BCUT2D eigenvalue weighted by atomic mass is 10.1. The van der Waals surface area contributed by atoms with Gasteiger partial charge in [-0.3, -0.25) is 4.79 Å². The van der Waals surface area contributed by atoms with Crippen LogP contribution < -0.4 is 14.2 Å². The Bertz CT molecular complexity index is 772. The topological polar surface area (TPSA) is 47.6 Å². The highest BCUT2D eigenvalue weighted by Gasteiger charge is 2.42. The Morgan fingerprint density at radius 1 is 0.933 bits per heavy atom. The summed E-state index contributed by atoms with van der Waals surface area (Å²) in [5, 5.41) is 3.09. The fraction of sp³-hybridized carbons (Fsp3) is 0.625. The SMILES string of the molecule is C=C(C)C(=O)NCCc1ccc(O[Si](C)(C)C(C)(C)C)c(O[Si](C)(C)C(C)(C)C)c1. The molecule has 0 unspecified atom stereocenters. The van der Waals surface area contributed by atoms with E-state index in [1.807, 2.05) is 6.07 Å². The predicted molar refractivity (Wildman–Crippen MR) is 134 cm³/mol. The van der Waals surface area contributed by atoms with Gasteiger partial charge in [-0.05, 0) is 67.3 Å². The minimum Gasteiger partial charge on any atom is -0.541 e. The van der Waals surface area contributed by atoms with Gasteiger partial charge >= 0.3 is 0 Å². The molecular formula is C24H43NO3Si2. The molecule has 0 heterocycles. The second kappa shape index (κ2) is 9.31. The quantitative estimate of drug-likeness (QED) is 0.355. The van der Waals surface area contributed by atoms with E-state index in [0.29, 0.717) is 12.1 Å². The molecule has 1 aromatic rings. The number of hydrogen-bond acceptors (Lipinski definition) is 3.